The molecule has 138 valence electrons. The van der Waals surface area contributed by atoms with E-state index in [9.17, 15) is 0 Å². The topological polar surface area (TPSA) is 28.2 Å². The Labute approximate surface area is 165 Å². The van der Waals surface area contributed by atoms with Crippen LogP contribution in [0.25, 0.3) is 11.3 Å². The van der Waals surface area contributed by atoms with Crippen LogP contribution in [0.2, 0.25) is 0 Å². The summed E-state index contributed by atoms with van der Waals surface area (Å²) in [6.07, 6.45) is 4.81. The summed E-state index contributed by atoms with van der Waals surface area (Å²) in [4.78, 5) is 6.97. The normalized spacial score (nSPS) is 18.0. The van der Waals surface area contributed by atoms with E-state index in [2.05, 4.69) is 69.1 Å². The van der Waals surface area contributed by atoms with Crippen LogP contribution in [0.1, 0.15) is 24.0 Å². The molecule has 0 amide bonds. The summed E-state index contributed by atoms with van der Waals surface area (Å²) < 4.78 is 0. The first-order chi connectivity index (χ1) is 13.3. The Morgan fingerprint density at radius 1 is 0.926 bits per heavy atom. The van der Waals surface area contributed by atoms with E-state index in [1.807, 2.05) is 5.51 Å². The number of nitrogens with one attached hydrogen (secondary N) is 1. The molecular formula is C23H25N3S. The molecule has 2 heterocycles. The first-order valence-corrected chi connectivity index (χ1v) is 10.9. The molecular weight excluding hydrogens is 350 g/mol. The van der Waals surface area contributed by atoms with Gasteiger partial charge in [0.25, 0.3) is 0 Å². The van der Waals surface area contributed by atoms with Crippen LogP contribution in [0.3, 0.4) is 0 Å². The number of piperidine rings is 1. The van der Waals surface area contributed by atoms with Gasteiger partial charge in [0, 0.05) is 41.8 Å². The van der Waals surface area contributed by atoms with Crippen molar-refractivity contribution in [3.8, 4) is 11.3 Å². The second-order valence-electron chi connectivity index (χ2n) is 7.73. The van der Waals surface area contributed by atoms with Gasteiger partial charge in [-0.1, -0.05) is 36.4 Å². The summed E-state index contributed by atoms with van der Waals surface area (Å²) >= 11 is 1.65. The fourth-order valence-corrected chi connectivity index (χ4v) is 5.09. The van der Waals surface area contributed by atoms with Crippen molar-refractivity contribution in [2.24, 2.45) is 0 Å². The zero-order valence-electron chi connectivity index (χ0n) is 15.5. The molecule has 3 nitrogen and oxygen atoms in total. The molecule has 2 aliphatic rings. The van der Waals surface area contributed by atoms with Crippen LogP contribution in [-0.4, -0.2) is 30.2 Å². The Morgan fingerprint density at radius 3 is 2.41 bits per heavy atom. The van der Waals surface area contributed by atoms with Gasteiger partial charge in [-0.25, -0.2) is 4.98 Å². The third-order valence-corrected chi connectivity index (χ3v) is 6.54. The fraction of sp³-hybridized carbons (Fsp3) is 0.348. The number of rotatable bonds is 4. The predicted octanol–water partition coefficient (Wildman–Crippen LogP) is 4.54. The van der Waals surface area contributed by atoms with Gasteiger partial charge in [0.2, 0.25) is 0 Å². The number of hydrogen-bond donors (Lipinski definition) is 1. The van der Waals surface area contributed by atoms with Gasteiger partial charge < -0.3 is 10.2 Å². The number of thiazole rings is 1. The van der Waals surface area contributed by atoms with Crippen molar-refractivity contribution < 1.29 is 0 Å². The summed E-state index contributed by atoms with van der Waals surface area (Å²) in [5.74, 6) is 0. The number of nitrogens with zero attached hydrogens (tertiary/aromatic N) is 2. The molecule has 1 aliphatic heterocycles. The van der Waals surface area contributed by atoms with E-state index in [4.69, 9.17) is 0 Å². The molecule has 3 aromatic rings. The van der Waals surface area contributed by atoms with Gasteiger partial charge in [0.05, 0.1) is 11.2 Å². The number of anilines is 1. The van der Waals surface area contributed by atoms with Crippen molar-refractivity contribution in [2.45, 2.75) is 37.8 Å². The van der Waals surface area contributed by atoms with Crippen LogP contribution in [-0.2, 0) is 12.8 Å². The maximum Gasteiger partial charge on any atom is 0.0811 e. The van der Waals surface area contributed by atoms with Crippen molar-refractivity contribution in [2.75, 3.05) is 18.0 Å². The molecule has 1 saturated heterocycles. The van der Waals surface area contributed by atoms with Gasteiger partial charge >= 0.3 is 0 Å². The van der Waals surface area contributed by atoms with Crippen LogP contribution < -0.4 is 10.2 Å². The Kier molecular flexibility index (Phi) is 4.68. The molecule has 0 atom stereocenters. The minimum Gasteiger partial charge on any atom is -0.371 e. The molecule has 4 heteroatoms. The third kappa shape index (κ3) is 3.64. The molecule has 0 saturated carbocycles. The molecule has 1 aliphatic carbocycles. The van der Waals surface area contributed by atoms with Crippen LogP contribution >= 0.6 is 11.3 Å². The smallest absolute Gasteiger partial charge is 0.0811 e. The average Bonchev–Trinajstić information content (AvgIpc) is 3.38. The lowest BCUT2D eigenvalue weighted by Gasteiger charge is -2.35. The third-order valence-electron chi connectivity index (χ3n) is 5.96. The Balaban J connectivity index is 1.18. The second kappa shape index (κ2) is 7.45. The highest BCUT2D eigenvalue weighted by molar-refractivity contribution is 7.07. The van der Waals surface area contributed by atoms with Crippen molar-refractivity contribution in [1.82, 2.24) is 10.3 Å². The maximum atomic E-state index is 4.45. The molecule has 5 rings (SSSR count). The zero-order valence-corrected chi connectivity index (χ0v) is 16.3. The molecule has 0 unspecified atom stereocenters. The molecule has 1 aromatic heterocycles. The SMILES string of the molecule is c1cc(-c2cscn2)cc(N2CCC(NC3Cc4ccccc4C3)CC2)c1. The molecule has 27 heavy (non-hydrogen) atoms. The van der Waals surface area contributed by atoms with Crippen molar-refractivity contribution >= 4 is 17.0 Å². The van der Waals surface area contributed by atoms with Gasteiger partial charge in [0.1, 0.15) is 0 Å². The number of hydrogen-bond acceptors (Lipinski definition) is 4. The van der Waals surface area contributed by atoms with Gasteiger partial charge in [-0.05, 0) is 48.9 Å². The van der Waals surface area contributed by atoms with E-state index in [1.54, 1.807) is 11.3 Å². The average molecular weight is 376 g/mol. The first kappa shape index (κ1) is 17.0. The highest BCUT2D eigenvalue weighted by atomic mass is 32.1. The second-order valence-corrected chi connectivity index (χ2v) is 8.44. The van der Waals surface area contributed by atoms with Crippen molar-refractivity contribution in [3.05, 3.63) is 70.5 Å². The fourth-order valence-electron chi connectivity index (χ4n) is 4.53. The Bertz CT molecular complexity index is 873. The van der Waals surface area contributed by atoms with Crippen molar-refractivity contribution in [3.63, 3.8) is 0 Å². The number of benzene rings is 2. The molecule has 0 radical (unpaired) electrons. The van der Waals surface area contributed by atoms with Gasteiger partial charge in [0.15, 0.2) is 0 Å². The minimum absolute atomic E-state index is 0.618. The monoisotopic (exact) mass is 375 g/mol. The van der Waals surface area contributed by atoms with Gasteiger partial charge in [-0.2, -0.15) is 0 Å². The summed E-state index contributed by atoms with van der Waals surface area (Å²) in [6, 6.07) is 19.0. The molecule has 2 aromatic carbocycles. The van der Waals surface area contributed by atoms with E-state index in [0.29, 0.717) is 12.1 Å². The highest BCUT2D eigenvalue weighted by Gasteiger charge is 2.26. The lowest BCUT2D eigenvalue weighted by atomic mass is 10.0. The van der Waals surface area contributed by atoms with Crippen LogP contribution in [0.15, 0.2) is 59.4 Å². The Morgan fingerprint density at radius 2 is 1.70 bits per heavy atom. The van der Waals surface area contributed by atoms with Gasteiger partial charge in [-0.3, -0.25) is 0 Å². The van der Waals surface area contributed by atoms with E-state index in [1.165, 1.54) is 48.1 Å². The van der Waals surface area contributed by atoms with Crippen LogP contribution in [0.5, 0.6) is 0 Å². The minimum atomic E-state index is 0.618. The number of fused-ring (bicyclic) bond motifs is 1. The van der Waals surface area contributed by atoms with E-state index < -0.39 is 0 Å². The van der Waals surface area contributed by atoms with E-state index >= 15 is 0 Å². The van der Waals surface area contributed by atoms with Crippen molar-refractivity contribution in [1.29, 1.82) is 0 Å². The number of aromatic nitrogens is 1. The molecule has 1 fully saturated rings. The van der Waals surface area contributed by atoms with Gasteiger partial charge in [-0.15, -0.1) is 11.3 Å². The predicted molar refractivity (Wildman–Crippen MR) is 114 cm³/mol. The van der Waals surface area contributed by atoms with E-state index in [-0.39, 0.29) is 0 Å². The highest BCUT2D eigenvalue weighted by Crippen LogP contribution is 2.27. The summed E-state index contributed by atoms with van der Waals surface area (Å²) in [6.45, 7) is 2.25. The van der Waals surface area contributed by atoms with Crippen LogP contribution in [0.4, 0.5) is 5.69 Å². The summed E-state index contributed by atoms with van der Waals surface area (Å²) in [5, 5.41) is 6.06. The molecule has 1 N–H and O–H groups in total. The largest absolute Gasteiger partial charge is 0.371 e. The molecule has 0 spiro atoms. The lowest BCUT2D eigenvalue weighted by molar-refractivity contribution is 0.370. The van der Waals surface area contributed by atoms with Crippen LogP contribution in [0, 0.1) is 0 Å². The first-order valence-electron chi connectivity index (χ1n) is 9.91. The standard InChI is InChI=1S/C23H25N3S/c1-2-5-18-13-21(12-17(18)4-1)25-20-8-10-26(11-9-20)22-7-3-6-19(14-22)23-15-27-16-24-23/h1-7,14-16,20-21,25H,8-13H2. The maximum absolute atomic E-state index is 4.45. The summed E-state index contributed by atoms with van der Waals surface area (Å²) in [7, 11) is 0. The quantitative estimate of drug-likeness (QED) is 0.726. The molecule has 0 bridgehead atoms. The van der Waals surface area contributed by atoms with E-state index in [0.717, 1.165) is 18.8 Å². The Hall–Kier alpha value is -2.17. The summed E-state index contributed by atoms with van der Waals surface area (Å²) in [5.41, 5.74) is 8.60. The lowest BCUT2D eigenvalue weighted by Crippen LogP contribution is -2.46. The zero-order chi connectivity index (χ0) is 18.1.